The second kappa shape index (κ2) is 5.97. The minimum atomic E-state index is -1.00. The number of anilines is 1. The summed E-state index contributed by atoms with van der Waals surface area (Å²) in [6.07, 6.45) is 2.05. The molecule has 0 unspecified atom stereocenters. The maximum absolute atomic E-state index is 12.0. The third-order valence-corrected chi connectivity index (χ3v) is 2.91. The first-order valence-electron chi connectivity index (χ1n) is 6.21. The van der Waals surface area contributed by atoms with E-state index >= 15 is 0 Å². The number of benzene rings is 1. The van der Waals surface area contributed by atoms with Gasteiger partial charge in [0.05, 0.1) is 5.56 Å². The number of aromatic nitrogens is 1. The zero-order chi connectivity index (χ0) is 14.5. The first-order chi connectivity index (χ1) is 9.63. The van der Waals surface area contributed by atoms with Crippen LogP contribution in [0.2, 0.25) is 0 Å². The molecule has 1 aromatic heterocycles. The van der Waals surface area contributed by atoms with Gasteiger partial charge in [-0.2, -0.15) is 0 Å². The Labute approximate surface area is 116 Å². The smallest absolute Gasteiger partial charge is 0.336 e. The van der Waals surface area contributed by atoms with Crippen LogP contribution in [0.4, 0.5) is 5.69 Å². The summed E-state index contributed by atoms with van der Waals surface area (Å²) >= 11 is 0. The molecule has 0 aliphatic rings. The van der Waals surface area contributed by atoms with Crippen molar-refractivity contribution in [3.63, 3.8) is 0 Å². The molecular weight excluding hydrogens is 256 g/mol. The quantitative estimate of drug-likeness (QED) is 0.895. The van der Waals surface area contributed by atoms with E-state index in [1.807, 2.05) is 6.92 Å². The van der Waals surface area contributed by atoms with Crippen LogP contribution in [0.25, 0.3) is 0 Å². The van der Waals surface area contributed by atoms with E-state index < -0.39 is 5.97 Å². The average Bonchev–Trinajstić information content (AvgIpc) is 2.47. The first kappa shape index (κ1) is 13.7. The largest absolute Gasteiger partial charge is 0.478 e. The topological polar surface area (TPSA) is 79.3 Å². The van der Waals surface area contributed by atoms with E-state index in [1.54, 1.807) is 30.3 Å². The molecule has 2 N–H and O–H groups in total. The molecule has 1 aromatic carbocycles. The van der Waals surface area contributed by atoms with Gasteiger partial charge in [0.25, 0.3) is 5.91 Å². The number of carboxylic acids is 1. The molecule has 5 heteroatoms. The first-order valence-corrected chi connectivity index (χ1v) is 6.21. The minimum absolute atomic E-state index is 0.200. The SMILES string of the molecule is CCc1c(NC(=O)c2ccccn2)cccc1C(=O)O. The molecule has 0 saturated carbocycles. The molecule has 1 amide bonds. The molecule has 0 saturated heterocycles. The fourth-order valence-electron chi connectivity index (χ4n) is 1.97. The predicted octanol–water partition coefficient (Wildman–Crippen LogP) is 2.59. The summed E-state index contributed by atoms with van der Waals surface area (Å²) in [6.45, 7) is 1.85. The normalized spacial score (nSPS) is 10.1. The van der Waals surface area contributed by atoms with Gasteiger partial charge in [0.1, 0.15) is 5.69 Å². The van der Waals surface area contributed by atoms with Crippen molar-refractivity contribution >= 4 is 17.6 Å². The van der Waals surface area contributed by atoms with Crippen LogP contribution in [0.5, 0.6) is 0 Å². The molecule has 102 valence electrons. The number of nitrogens with one attached hydrogen (secondary N) is 1. The van der Waals surface area contributed by atoms with Crippen LogP contribution in [0.3, 0.4) is 0 Å². The van der Waals surface area contributed by atoms with Crippen LogP contribution in [0.1, 0.15) is 33.3 Å². The lowest BCUT2D eigenvalue weighted by atomic mass is 10.0. The minimum Gasteiger partial charge on any atom is -0.478 e. The van der Waals surface area contributed by atoms with E-state index in [0.717, 1.165) is 0 Å². The summed E-state index contributed by atoms with van der Waals surface area (Å²) in [5.41, 5.74) is 1.59. The third-order valence-electron chi connectivity index (χ3n) is 2.91. The second-order valence-electron chi connectivity index (χ2n) is 4.16. The number of carbonyl (C=O) groups is 2. The maximum Gasteiger partial charge on any atom is 0.336 e. The van der Waals surface area contributed by atoms with Crippen molar-refractivity contribution in [3.05, 3.63) is 59.4 Å². The Balaban J connectivity index is 2.32. The Morgan fingerprint density at radius 3 is 2.60 bits per heavy atom. The number of amides is 1. The summed E-state index contributed by atoms with van der Waals surface area (Å²) < 4.78 is 0. The average molecular weight is 270 g/mol. The highest BCUT2D eigenvalue weighted by Gasteiger charge is 2.15. The molecule has 0 aliphatic heterocycles. The lowest BCUT2D eigenvalue weighted by molar-refractivity contribution is 0.0695. The van der Waals surface area contributed by atoms with E-state index in [-0.39, 0.29) is 17.2 Å². The number of carboxylic acid groups (broad SMARTS) is 1. The maximum atomic E-state index is 12.0. The zero-order valence-electron chi connectivity index (χ0n) is 11.0. The number of carbonyl (C=O) groups excluding carboxylic acids is 1. The summed E-state index contributed by atoms with van der Waals surface area (Å²) in [7, 11) is 0. The van der Waals surface area contributed by atoms with E-state index in [2.05, 4.69) is 10.3 Å². The lowest BCUT2D eigenvalue weighted by Gasteiger charge is -2.12. The van der Waals surface area contributed by atoms with Gasteiger partial charge in [-0.25, -0.2) is 4.79 Å². The molecule has 0 bridgehead atoms. The van der Waals surface area contributed by atoms with Gasteiger partial charge in [-0.1, -0.05) is 19.1 Å². The van der Waals surface area contributed by atoms with Crippen LogP contribution in [0.15, 0.2) is 42.6 Å². The van der Waals surface area contributed by atoms with Crippen molar-refractivity contribution < 1.29 is 14.7 Å². The van der Waals surface area contributed by atoms with Gasteiger partial charge in [-0.3, -0.25) is 9.78 Å². The van der Waals surface area contributed by atoms with Crippen molar-refractivity contribution in [3.8, 4) is 0 Å². The Morgan fingerprint density at radius 2 is 2.00 bits per heavy atom. The second-order valence-corrected chi connectivity index (χ2v) is 4.16. The number of hydrogen-bond donors (Lipinski definition) is 2. The van der Waals surface area contributed by atoms with E-state index in [9.17, 15) is 9.59 Å². The lowest BCUT2D eigenvalue weighted by Crippen LogP contribution is -2.16. The predicted molar refractivity (Wildman–Crippen MR) is 75.0 cm³/mol. The fraction of sp³-hybridized carbons (Fsp3) is 0.133. The molecule has 0 aliphatic carbocycles. The van der Waals surface area contributed by atoms with Crippen LogP contribution in [0, 0.1) is 0 Å². The van der Waals surface area contributed by atoms with Crippen LogP contribution >= 0.6 is 0 Å². The van der Waals surface area contributed by atoms with Gasteiger partial charge in [-0.15, -0.1) is 0 Å². The van der Waals surface area contributed by atoms with Gasteiger partial charge < -0.3 is 10.4 Å². The highest BCUT2D eigenvalue weighted by atomic mass is 16.4. The molecule has 0 spiro atoms. The standard InChI is InChI=1S/C15H14N2O3/c1-2-10-11(15(19)20)6-5-8-12(10)17-14(18)13-7-3-4-9-16-13/h3-9H,2H2,1H3,(H,17,18)(H,19,20). The van der Waals surface area contributed by atoms with Crippen LogP contribution in [-0.2, 0) is 6.42 Å². The molecule has 20 heavy (non-hydrogen) atoms. The Bertz CT molecular complexity index is 639. The van der Waals surface area contributed by atoms with Crippen molar-refractivity contribution in [2.45, 2.75) is 13.3 Å². The molecule has 5 nitrogen and oxygen atoms in total. The van der Waals surface area contributed by atoms with Gasteiger partial charge in [0.15, 0.2) is 0 Å². The van der Waals surface area contributed by atoms with Crippen molar-refractivity contribution in [2.75, 3.05) is 5.32 Å². The summed E-state index contributed by atoms with van der Waals surface area (Å²) in [5, 5.41) is 11.9. The van der Waals surface area contributed by atoms with E-state index in [4.69, 9.17) is 5.11 Å². The Hall–Kier alpha value is -2.69. The number of rotatable bonds is 4. The number of pyridine rings is 1. The molecular formula is C15H14N2O3. The van der Waals surface area contributed by atoms with Crippen LogP contribution < -0.4 is 5.32 Å². The molecule has 0 radical (unpaired) electrons. The Morgan fingerprint density at radius 1 is 1.20 bits per heavy atom. The van der Waals surface area contributed by atoms with Crippen molar-refractivity contribution in [2.24, 2.45) is 0 Å². The van der Waals surface area contributed by atoms with Crippen molar-refractivity contribution in [1.82, 2.24) is 4.98 Å². The molecule has 1 heterocycles. The fourth-order valence-corrected chi connectivity index (χ4v) is 1.97. The molecule has 0 fully saturated rings. The highest BCUT2D eigenvalue weighted by molar-refractivity contribution is 6.04. The zero-order valence-corrected chi connectivity index (χ0v) is 11.0. The van der Waals surface area contributed by atoms with Crippen LogP contribution in [-0.4, -0.2) is 22.0 Å². The van der Waals surface area contributed by atoms with E-state index in [1.165, 1.54) is 12.3 Å². The summed E-state index contributed by atoms with van der Waals surface area (Å²) in [6, 6.07) is 9.86. The molecule has 0 atom stereocenters. The number of hydrogen-bond acceptors (Lipinski definition) is 3. The number of nitrogens with zero attached hydrogens (tertiary/aromatic N) is 1. The van der Waals surface area contributed by atoms with Gasteiger partial charge in [0.2, 0.25) is 0 Å². The summed E-state index contributed by atoms with van der Waals surface area (Å²) in [5.74, 6) is -1.36. The van der Waals surface area contributed by atoms with E-state index in [0.29, 0.717) is 17.7 Å². The van der Waals surface area contributed by atoms with Gasteiger partial charge in [-0.05, 0) is 36.2 Å². The third kappa shape index (κ3) is 2.83. The van der Waals surface area contributed by atoms with Crippen molar-refractivity contribution in [1.29, 1.82) is 0 Å². The Kier molecular flexibility index (Phi) is 4.10. The molecule has 2 aromatic rings. The summed E-state index contributed by atoms with van der Waals surface area (Å²) in [4.78, 5) is 27.2. The monoisotopic (exact) mass is 270 g/mol. The highest BCUT2D eigenvalue weighted by Crippen LogP contribution is 2.21. The molecule has 2 rings (SSSR count). The van der Waals surface area contributed by atoms with Gasteiger partial charge >= 0.3 is 5.97 Å². The number of aromatic carboxylic acids is 1. The van der Waals surface area contributed by atoms with Gasteiger partial charge in [0, 0.05) is 11.9 Å².